The Labute approximate surface area is 78.0 Å². The Balaban J connectivity index is 2.56. The maximum absolute atomic E-state index is 13.3. The molecule has 2 rings (SSSR count). The molecule has 0 aliphatic carbocycles. The minimum Gasteiger partial charge on any atom is -0.382 e. The Hall–Kier alpha value is -1.05. The summed E-state index contributed by atoms with van der Waals surface area (Å²) >= 11 is 0. The Bertz CT molecular complexity index is 331. The van der Waals surface area contributed by atoms with Crippen LogP contribution in [0.5, 0.6) is 0 Å². The van der Waals surface area contributed by atoms with Crippen LogP contribution < -0.4 is 5.32 Å². The SMILES string of the molecule is CC(C)c1ccc(F)c2c1CCN2. The highest BCUT2D eigenvalue weighted by Gasteiger charge is 2.19. The second-order valence-electron chi connectivity index (χ2n) is 3.82. The fourth-order valence-electron chi connectivity index (χ4n) is 1.95. The van der Waals surface area contributed by atoms with Crippen molar-refractivity contribution in [1.82, 2.24) is 0 Å². The van der Waals surface area contributed by atoms with E-state index in [0.717, 1.165) is 18.7 Å². The summed E-state index contributed by atoms with van der Waals surface area (Å²) in [6, 6.07) is 3.47. The highest BCUT2D eigenvalue weighted by atomic mass is 19.1. The topological polar surface area (TPSA) is 12.0 Å². The van der Waals surface area contributed by atoms with Gasteiger partial charge in [-0.25, -0.2) is 4.39 Å². The molecule has 0 fully saturated rings. The number of halogens is 1. The lowest BCUT2D eigenvalue weighted by molar-refractivity contribution is 0.630. The highest BCUT2D eigenvalue weighted by Crippen LogP contribution is 2.32. The number of hydrogen-bond donors (Lipinski definition) is 1. The molecule has 0 amide bonds. The zero-order valence-electron chi connectivity index (χ0n) is 8.02. The predicted octanol–water partition coefficient (Wildman–Crippen LogP) is 2.92. The second kappa shape index (κ2) is 3.02. The minimum atomic E-state index is -0.114. The number of nitrogens with one attached hydrogen (secondary N) is 1. The molecule has 0 spiro atoms. The van der Waals surface area contributed by atoms with Gasteiger partial charge in [0.05, 0.1) is 5.69 Å². The summed E-state index contributed by atoms with van der Waals surface area (Å²) < 4.78 is 13.3. The Morgan fingerprint density at radius 1 is 1.38 bits per heavy atom. The van der Waals surface area contributed by atoms with E-state index in [1.807, 2.05) is 6.07 Å². The van der Waals surface area contributed by atoms with Gasteiger partial charge in [0.2, 0.25) is 0 Å². The van der Waals surface area contributed by atoms with E-state index in [1.165, 1.54) is 11.1 Å². The van der Waals surface area contributed by atoms with Gasteiger partial charge in [0.25, 0.3) is 0 Å². The summed E-state index contributed by atoms with van der Waals surface area (Å²) in [5.74, 6) is 0.367. The third-order valence-electron chi connectivity index (χ3n) is 2.60. The smallest absolute Gasteiger partial charge is 0.146 e. The van der Waals surface area contributed by atoms with E-state index in [1.54, 1.807) is 6.07 Å². The van der Waals surface area contributed by atoms with E-state index in [2.05, 4.69) is 19.2 Å². The van der Waals surface area contributed by atoms with Crippen LogP contribution in [0.4, 0.5) is 10.1 Å². The van der Waals surface area contributed by atoms with E-state index in [0.29, 0.717) is 5.92 Å². The molecule has 0 atom stereocenters. The van der Waals surface area contributed by atoms with Crippen LogP contribution in [0.15, 0.2) is 12.1 Å². The van der Waals surface area contributed by atoms with Gasteiger partial charge in [-0.3, -0.25) is 0 Å². The number of fused-ring (bicyclic) bond motifs is 1. The fourth-order valence-corrected chi connectivity index (χ4v) is 1.95. The predicted molar refractivity (Wildman–Crippen MR) is 52.7 cm³/mol. The monoisotopic (exact) mass is 179 g/mol. The number of anilines is 1. The van der Waals surface area contributed by atoms with Crippen molar-refractivity contribution in [2.24, 2.45) is 0 Å². The molecule has 1 nitrogen and oxygen atoms in total. The lowest BCUT2D eigenvalue weighted by Gasteiger charge is -2.11. The lowest BCUT2D eigenvalue weighted by Crippen LogP contribution is -1.96. The quantitative estimate of drug-likeness (QED) is 0.699. The van der Waals surface area contributed by atoms with E-state index in [9.17, 15) is 4.39 Å². The molecule has 70 valence electrons. The van der Waals surface area contributed by atoms with Crippen molar-refractivity contribution in [2.75, 3.05) is 11.9 Å². The van der Waals surface area contributed by atoms with Crippen LogP contribution in [0.1, 0.15) is 30.9 Å². The van der Waals surface area contributed by atoms with Crippen LogP contribution in [-0.2, 0) is 6.42 Å². The van der Waals surface area contributed by atoms with Gasteiger partial charge in [-0.2, -0.15) is 0 Å². The Kier molecular flexibility index (Phi) is 1.98. The first-order valence-electron chi connectivity index (χ1n) is 4.75. The van der Waals surface area contributed by atoms with E-state index < -0.39 is 0 Å². The standard InChI is InChI=1S/C11H14FN/c1-7(2)8-3-4-10(12)11-9(8)5-6-13-11/h3-4,7,13H,5-6H2,1-2H3. The summed E-state index contributed by atoms with van der Waals surface area (Å²) in [5.41, 5.74) is 3.18. The average Bonchev–Trinajstić information content (AvgIpc) is 2.53. The van der Waals surface area contributed by atoms with Gasteiger partial charge >= 0.3 is 0 Å². The van der Waals surface area contributed by atoms with Gasteiger partial charge in [0, 0.05) is 6.54 Å². The van der Waals surface area contributed by atoms with Crippen LogP contribution in [0.2, 0.25) is 0 Å². The molecule has 0 aromatic heterocycles. The van der Waals surface area contributed by atoms with Crippen molar-refractivity contribution >= 4 is 5.69 Å². The molecule has 1 aliphatic heterocycles. The zero-order chi connectivity index (χ0) is 9.42. The first-order chi connectivity index (χ1) is 6.20. The van der Waals surface area contributed by atoms with Crippen molar-refractivity contribution in [2.45, 2.75) is 26.2 Å². The lowest BCUT2D eigenvalue weighted by atomic mass is 9.95. The van der Waals surface area contributed by atoms with Gasteiger partial charge in [0.1, 0.15) is 5.82 Å². The summed E-state index contributed by atoms with van der Waals surface area (Å²) in [6.07, 6.45) is 0.959. The summed E-state index contributed by atoms with van der Waals surface area (Å²) in [5, 5.41) is 3.09. The highest BCUT2D eigenvalue weighted by molar-refractivity contribution is 5.60. The molecule has 0 bridgehead atoms. The van der Waals surface area contributed by atoms with Crippen molar-refractivity contribution < 1.29 is 4.39 Å². The van der Waals surface area contributed by atoms with E-state index in [4.69, 9.17) is 0 Å². The van der Waals surface area contributed by atoms with Crippen molar-refractivity contribution in [3.8, 4) is 0 Å². The molecule has 1 aromatic carbocycles. The maximum atomic E-state index is 13.3. The number of rotatable bonds is 1. The molecule has 0 unspecified atom stereocenters. The normalized spacial score (nSPS) is 14.5. The molecule has 1 N–H and O–H groups in total. The largest absolute Gasteiger partial charge is 0.382 e. The van der Waals surface area contributed by atoms with E-state index >= 15 is 0 Å². The summed E-state index contributed by atoms with van der Waals surface area (Å²) in [4.78, 5) is 0. The molecule has 1 aromatic rings. The summed E-state index contributed by atoms with van der Waals surface area (Å²) in [6.45, 7) is 5.16. The van der Waals surface area contributed by atoms with Gasteiger partial charge < -0.3 is 5.32 Å². The fraction of sp³-hybridized carbons (Fsp3) is 0.455. The Morgan fingerprint density at radius 2 is 2.15 bits per heavy atom. The first kappa shape index (κ1) is 8.54. The average molecular weight is 179 g/mol. The molecule has 0 saturated carbocycles. The first-order valence-corrected chi connectivity index (χ1v) is 4.75. The third-order valence-corrected chi connectivity index (χ3v) is 2.60. The van der Waals surface area contributed by atoms with Gasteiger partial charge in [-0.05, 0) is 29.5 Å². The molecule has 2 heteroatoms. The minimum absolute atomic E-state index is 0.114. The van der Waals surface area contributed by atoms with Crippen molar-refractivity contribution in [3.63, 3.8) is 0 Å². The Morgan fingerprint density at radius 3 is 2.85 bits per heavy atom. The van der Waals surface area contributed by atoms with Gasteiger partial charge in [-0.15, -0.1) is 0 Å². The molecule has 13 heavy (non-hydrogen) atoms. The molecule has 1 heterocycles. The van der Waals surface area contributed by atoms with Crippen LogP contribution in [0.3, 0.4) is 0 Å². The molecular formula is C11H14FN. The summed E-state index contributed by atoms with van der Waals surface area (Å²) in [7, 11) is 0. The maximum Gasteiger partial charge on any atom is 0.146 e. The van der Waals surface area contributed by atoms with Crippen LogP contribution in [0, 0.1) is 5.82 Å². The molecule has 0 radical (unpaired) electrons. The van der Waals surface area contributed by atoms with Crippen molar-refractivity contribution in [1.29, 1.82) is 0 Å². The zero-order valence-corrected chi connectivity index (χ0v) is 8.02. The van der Waals surface area contributed by atoms with Crippen LogP contribution in [-0.4, -0.2) is 6.54 Å². The molecule has 1 aliphatic rings. The second-order valence-corrected chi connectivity index (χ2v) is 3.82. The number of hydrogen-bond acceptors (Lipinski definition) is 1. The van der Waals surface area contributed by atoms with Crippen LogP contribution in [0.25, 0.3) is 0 Å². The van der Waals surface area contributed by atoms with Crippen LogP contribution >= 0.6 is 0 Å². The third kappa shape index (κ3) is 1.30. The number of benzene rings is 1. The molecule has 0 saturated heterocycles. The van der Waals surface area contributed by atoms with Gasteiger partial charge in [0.15, 0.2) is 0 Å². The van der Waals surface area contributed by atoms with Gasteiger partial charge in [-0.1, -0.05) is 19.9 Å². The molecular weight excluding hydrogens is 165 g/mol. The van der Waals surface area contributed by atoms with Crippen molar-refractivity contribution in [3.05, 3.63) is 29.1 Å². The van der Waals surface area contributed by atoms with E-state index in [-0.39, 0.29) is 5.82 Å².